The molecule has 1 aromatic carbocycles. The highest BCUT2D eigenvalue weighted by molar-refractivity contribution is 6.31. The lowest BCUT2D eigenvalue weighted by Crippen LogP contribution is -2.35. The summed E-state index contributed by atoms with van der Waals surface area (Å²) in [6, 6.07) is 6.16. The minimum Gasteiger partial charge on any atom is -0.314 e. The molecule has 5 nitrogen and oxygen atoms in total. The maximum Gasteiger partial charge on any atom is 0.262 e. The first kappa shape index (κ1) is 15.7. The third-order valence-corrected chi connectivity index (χ3v) is 5.26. The van der Waals surface area contributed by atoms with Crippen molar-refractivity contribution in [1.82, 2.24) is 20.1 Å². The number of H-pyrrole nitrogens is 1. The van der Waals surface area contributed by atoms with E-state index < -0.39 is 0 Å². The lowest BCUT2D eigenvalue weighted by atomic mass is 10.0. The molecule has 1 saturated heterocycles. The summed E-state index contributed by atoms with van der Waals surface area (Å²) in [7, 11) is 0. The zero-order chi connectivity index (χ0) is 16.7. The summed E-state index contributed by atoms with van der Waals surface area (Å²) < 4.78 is 1.88. The number of nitrogens with one attached hydrogen (secondary N) is 2. The average Bonchev–Trinajstić information content (AvgIpc) is 2.98. The van der Waals surface area contributed by atoms with E-state index in [-0.39, 0.29) is 5.56 Å². The van der Waals surface area contributed by atoms with Crippen molar-refractivity contribution in [3.05, 3.63) is 39.3 Å². The summed E-state index contributed by atoms with van der Waals surface area (Å²) in [5.41, 5.74) is 2.45. The molecule has 3 heterocycles. The molecule has 6 heteroatoms. The van der Waals surface area contributed by atoms with E-state index in [1.54, 1.807) is 0 Å². The molecule has 3 aromatic rings. The molecule has 1 atom stereocenters. The number of nitrogens with zero attached hydrogens (tertiary/aromatic N) is 2. The normalized spacial score (nSPS) is 18.5. The van der Waals surface area contributed by atoms with E-state index in [0.717, 1.165) is 29.6 Å². The van der Waals surface area contributed by atoms with Crippen LogP contribution in [0.3, 0.4) is 0 Å². The number of benzene rings is 1. The van der Waals surface area contributed by atoms with Crippen LogP contribution in [0.5, 0.6) is 0 Å². The first-order valence-corrected chi connectivity index (χ1v) is 8.93. The van der Waals surface area contributed by atoms with Crippen molar-refractivity contribution in [2.24, 2.45) is 0 Å². The van der Waals surface area contributed by atoms with E-state index in [4.69, 9.17) is 11.6 Å². The standard InChI is InChI=1S/C18H21ClN4O/c1-11-16-17(22-21-11)14-10-12(19)5-6-15(14)23(18(16)24)9-7-13-4-2-3-8-20-13/h5-6,10,13,20H,2-4,7-9H2,1H3,(H,21,22)/t13-/m0/s1. The van der Waals surface area contributed by atoms with Crippen LogP contribution in [0.1, 0.15) is 31.4 Å². The lowest BCUT2D eigenvalue weighted by molar-refractivity contribution is 0.367. The molecule has 1 fully saturated rings. The second kappa shape index (κ2) is 6.22. The van der Waals surface area contributed by atoms with E-state index in [0.29, 0.717) is 28.5 Å². The molecule has 1 aliphatic rings. The first-order chi connectivity index (χ1) is 11.6. The van der Waals surface area contributed by atoms with Gasteiger partial charge >= 0.3 is 0 Å². The second-order valence-corrected chi connectivity index (χ2v) is 7.06. The van der Waals surface area contributed by atoms with Crippen LogP contribution < -0.4 is 10.9 Å². The maximum atomic E-state index is 13.0. The number of rotatable bonds is 3. The van der Waals surface area contributed by atoms with Gasteiger partial charge in [0.1, 0.15) is 5.52 Å². The molecule has 126 valence electrons. The Labute approximate surface area is 145 Å². The molecule has 4 rings (SSSR count). The number of pyridine rings is 1. The van der Waals surface area contributed by atoms with Crippen molar-refractivity contribution in [3.8, 4) is 0 Å². The van der Waals surface area contributed by atoms with Gasteiger partial charge in [0.25, 0.3) is 5.56 Å². The summed E-state index contributed by atoms with van der Waals surface area (Å²) in [6.45, 7) is 3.67. The molecule has 0 radical (unpaired) electrons. The number of hydrogen-bond donors (Lipinski definition) is 2. The minimum atomic E-state index is 0.0295. The van der Waals surface area contributed by atoms with E-state index in [2.05, 4.69) is 15.5 Å². The van der Waals surface area contributed by atoms with Crippen LogP contribution in [-0.2, 0) is 6.54 Å². The minimum absolute atomic E-state index is 0.0295. The van der Waals surface area contributed by atoms with Gasteiger partial charge in [0.05, 0.1) is 10.9 Å². The van der Waals surface area contributed by atoms with Gasteiger partial charge in [0.2, 0.25) is 0 Å². The predicted octanol–water partition coefficient (Wildman–Crippen LogP) is 3.37. The van der Waals surface area contributed by atoms with E-state index in [9.17, 15) is 4.79 Å². The fourth-order valence-corrected chi connectivity index (χ4v) is 3.91. The van der Waals surface area contributed by atoms with Crippen molar-refractivity contribution < 1.29 is 0 Å². The fraction of sp³-hybridized carbons (Fsp3) is 0.444. The van der Waals surface area contributed by atoms with Crippen LogP contribution in [0.4, 0.5) is 0 Å². The SMILES string of the molecule is Cc1[nH]nc2c1c(=O)n(CC[C@@H]1CCCCN1)c1ccc(Cl)cc21. The van der Waals surface area contributed by atoms with Gasteiger partial charge in [-0.2, -0.15) is 5.10 Å². The number of aromatic nitrogens is 3. The quantitative estimate of drug-likeness (QED) is 0.765. The van der Waals surface area contributed by atoms with Crippen LogP contribution in [0, 0.1) is 6.92 Å². The Morgan fingerprint density at radius 1 is 1.38 bits per heavy atom. The van der Waals surface area contributed by atoms with Gasteiger partial charge in [-0.1, -0.05) is 18.0 Å². The maximum absolute atomic E-state index is 13.0. The third-order valence-electron chi connectivity index (χ3n) is 5.02. The largest absolute Gasteiger partial charge is 0.314 e. The van der Waals surface area contributed by atoms with Gasteiger partial charge < -0.3 is 9.88 Å². The van der Waals surface area contributed by atoms with E-state index in [1.807, 2.05) is 29.7 Å². The van der Waals surface area contributed by atoms with Gasteiger partial charge in [-0.25, -0.2) is 0 Å². The Morgan fingerprint density at radius 3 is 3.04 bits per heavy atom. The zero-order valence-electron chi connectivity index (χ0n) is 13.7. The second-order valence-electron chi connectivity index (χ2n) is 6.63. The van der Waals surface area contributed by atoms with Crippen molar-refractivity contribution >= 4 is 33.4 Å². The van der Waals surface area contributed by atoms with Crippen LogP contribution >= 0.6 is 11.6 Å². The number of fused-ring (bicyclic) bond motifs is 3. The summed E-state index contributed by atoms with van der Waals surface area (Å²) >= 11 is 6.18. The Balaban J connectivity index is 1.84. The number of aryl methyl sites for hydroxylation is 2. The highest BCUT2D eigenvalue weighted by atomic mass is 35.5. The number of hydrogen-bond acceptors (Lipinski definition) is 3. The molecule has 2 aromatic heterocycles. The average molecular weight is 345 g/mol. The molecule has 0 bridgehead atoms. The zero-order valence-corrected chi connectivity index (χ0v) is 14.5. The smallest absolute Gasteiger partial charge is 0.262 e. The Morgan fingerprint density at radius 2 is 2.25 bits per heavy atom. The first-order valence-electron chi connectivity index (χ1n) is 8.55. The van der Waals surface area contributed by atoms with Gasteiger partial charge in [0.15, 0.2) is 0 Å². The number of aromatic amines is 1. The molecule has 0 unspecified atom stereocenters. The van der Waals surface area contributed by atoms with Crippen molar-refractivity contribution in [2.45, 2.75) is 45.2 Å². The molecule has 24 heavy (non-hydrogen) atoms. The molecule has 0 amide bonds. The Kier molecular flexibility index (Phi) is 4.06. The summed E-state index contributed by atoms with van der Waals surface area (Å²) in [5.74, 6) is 0. The van der Waals surface area contributed by atoms with Crippen LogP contribution in [0.15, 0.2) is 23.0 Å². The molecule has 0 spiro atoms. The molecule has 2 N–H and O–H groups in total. The number of halogens is 1. The van der Waals surface area contributed by atoms with Gasteiger partial charge in [-0.05, 0) is 50.9 Å². The lowest BCUT2D eigenvalue weighted by Gasteiger charge is -2.24. The topological polar surface area (TPSA) is 62.7 Å². The van der Waals surface area contributed by atoms with Crippen molar-refractivity contribution in [3.63, 3.8) is 0 Å². The molecule has 0 aliphatic carbocycles. The summed E-state index contributed by atoms with van der Waals surface area (Å²) in [4.78, 5) is 13.0. The van der Waals surface area contributed by atoms with Crippen molar-refractivity contribution in [2.75, 3.05) is 6.54 Å². The molecular weight excluding hydrogens is 324 g/mol. The molecular formula is C18H21ClN4O. The Bertz CT molecular complexity index is 953. The van der Waals surface area contributed by atoms with Gasteiger partial charge in [-0.3, -0.25) is 9.89 Å². The van der Waals surface area contributed by atoms with Gasteiger partial charge in [-0.15, -0.1) is 0 Å². The van der Waals surface area contributed by atoms with E-state index >= 15 is 0 Å². The van der Waals surface area contributed by atoms with Crippen LogP contribution in [0.25, 0.3) is 21.8 Å². The van der Waals surface area contributed by atoms with Crippen LogP contribution in [0.2, 0.25) is 5.02 Å². The predicted molar refractivity (Wildman–Crippen MR) is 97.9 cm³/mol. The van der Waals surface area contributed by atoms with E-state index in [1.165, 1.54) is 19.3 Å². The Hall–Kier alpha value is -1.85. The highest BCUT2D eigenvalue weighted by Gasteiger charge is 2.17. The molecule has 1 aliphatic heterocycles. The monoisotopic (exact) mass is 344 g/mol. The fourth-order valence-electron chi connectivity index (χ4n) is 3.74. The highest BCUT2D eigenvalue weighted by Crippen LogP contribution is 2.26. The number of piperidine rings is 1. The van der Waals surface area contributed by atoms with Crippen molar-refractivity contribution in [1.29, 1.82) is 0 Å². The molecule has 0 saturated carbocycles. The third kappa shape index (κ3) is 2.62. The summed E-state index contributed by atoms with van der Waals surface area (Å²) in [5, 5.41) is 13.1. The van der Waals surface area contributed by atoms with Crippen LogP contribution in [-0.4, -0.2) is 27.4 Å². The summed E-state index contributed by atoms with van der Waals surface area (Å²) in [6.07, 6.45) is 4.66. The van der Waals surface area contributed by atoms with Gasteiger partial charge in [0, 0.05) is 28.7 Å².